The third-order valence-corrected chi connectivity index (χ3v) is 4.56. The van der Waals surface area contributed by atoms with E-state index < -0.39 is 0 Å². The fourth-order valence-electron chi connectivity index (χ4n) is 2.41. The summed E-state index contributed by atoms with van der Waals surface area (Å²) in [4.78, 5) is 3.76. The van der Waals surface area contributed by atoms with Crippen LogP contribution in [-0.2, 0) is 6.54 Å². The molecule has 0 saturated heterocycles. The normalized spacial score (nSPS) is 26.2. The fourth-order valence-corrected chi connectivity index (χ4v) is 3.56. The topological polar surface area (TPSA) is 29.3 Å². The molecular weight excluding hydrogens is 240 g/mol. The molecule has 4 heteroatoms. The summed E-state index contributed by atoms with van der Waals surface area (Å²) in [7, 11) is 2.19. The van der Waals surface area contributed by atoms with Crippen LogP contribution in [0.4, 0.5) is 0 Å². The summed E-state index contributed by atoms with van der Waals surface area (Å²) in [6.45, 7) is 0.995. The van der Waals surface area contributed by atoms with E-state index in [4.69, 9.17) is 17.3 Å². The minimum absolute atomic E-state index is 0.396. The molecule has 1 aromatic rings. The van der Waals surface area contributed by atoms with Crippen LogP contribution in [0.5, 0.6) is 0 Å². The van der Waals surface area contributed by atoms with Gasteiger partial charge in [-0.05, 0) is 38.4 Å². The van der Waals surface area contributed by atoms with Crippen molar-refractivity contribution in [1.29, 1.82) is 0 Å². The molecule has 1 saturated carbocycles. The Labute approximate surface area is 106 Å². The highest BCUT2D eigenvalue weighted by molar-refractivity contribution is 7.16. The Hall–Kier alpha value is -0.0900. The Morgan fingerprint density at radius 2 is 2.31 bits per heavy atom. The van der Waals surface area contributed by atoms with E-state index in [1.165, 1.54) is 24.1 Å². The molecule has 2 N–H and O–H groups in total. The van der Waals surface area contributed by atoms with Crippen LogP contribution in [0.1, 0.15) is 30.6 Å². The number of thiophene rings is 1. The lowest BCUT2D eigenvalue weighted by Crippen LogP contribution is -2.40. The Kier molecular flexibility index (Phi) is 4.25. The molecule has 16 heavy (non-hydrogen) atoms. The highest BCUT2D eigenvalue weighted by Crippen LogP contribution is 2.26. The van der Waals surface area contributed by atoms with E-state index in [0.29, 0.717) is 12.1 Å². The van der Waals surface area contributed by atoms with Crippen molar-refractivity contribution < 1.29 is 0 Å². The SMILES string of the molecule is CN(Cc1ccc(Cl)s1)C1CCCC(N)C1. The Balaban J connectivity index is 1.89. The first kappa shape index (κ1) is 12.4. The fraction of sp³-hybridized carbons (Fsp3) is 0.667. The van der Waals surface area contributed by atoms with Crippen LogP contribution in [0.25, 0.3) is 0 Å². The van der Waals surface area contributed by atoms with Crippen LogP contribution in [0, 0.1) is 0 Å². The summed E-state index contributed by atoms with van der Waals surface area (Å²) in [6, 6.07) is 5.13. The van der Waals surface area contributed by atoms with Crippen molar-refractivity contribution in [2.75, 3.05) is 7.05 Å². The van der Waals surface area contributed by atoms with Crippen LogP contribution < -0.4 is 5.73 Å². The van der Waals surface area contributed by atoms with Crippen LogP contribution in [0.15, 0.2) is 12.1 Å². The first-order chi connectivity index (χ1) is 7.65. The van der Waals surface area contributed by atoms with Crippen LogP contribution in [-0.4, -0.2) is 24.0 Å². The van der Waals surface area contributed by atoms with Gasteiger partial charge in [-0.25, -0.2) is 0 Å². The number of nitrogens with two attached hydrogens (primary N) is 1. The van der Waals surface area contributed by atoms with Gasteiger partial charge in [0, 0.05) is 23.5 Å². The molecule has 1 aliphatic rings. The molecule has 0 radical (unpaired) electrons. The van der Waals surface area contributed by atoms with E-state index >= 15 is 0 Å². The van der Waals surface area contributed by atoms with E-state index in [0.717, 1.165) is 17.3 Å². The Bertz CT molecular complexity index is 340. The van der Waals surface area contributed by atoms with Gasteiger partial charge in [-0.2, -0.15) is 0 Å². The van der Waals surface area contributed by atoms with E-state index in [2.05, 4.69) is 18.0 Å². The highest BCUT2D eigenvalue weighted by atomic mass is 35.5. The van der Waals surface area contributed by atoms with Gasteiger partial charge < -0.3 is 5.73 Å². The maximum Gasteiger partial charge on any atom is 0.0931 e. The lowest BCUT2D eigenvalue weighted by Gasteiger charge is -2.33. The number of hydrogen-bond acceptors (Lipinski definition) is 3. The molecule has 0 aromatic carbocycles. The number of nitrogens with zero attached hydrogens (tertiary/aromatic N) is 1. The van der Waals surface area contributed by atoms with Crippen LogP contribution in [0.3, 0.4) is 0 Å². The van der Waals surface area contributed by atoms with Gasteiger partial charge in [-0.3, -0.25) is 4.90 Å². The second-order valence-corrected chi connectivity index (χ2v) is 6.50. The first-order valence-electron chi connectivity index (χ1n) is 5.85. The van der Waals surface area contributed by atoms with Gasteiger partial charge in [0.1, 0.15) is 0 Å². The van der Waals surface area contributed by atoms with Gasteiger partial charge in [0.05, 0.1) is 4.34 Å². The van der Waals surface area contributed by atoms with Gasteiger partial charge >= 0.3 is 0 Å². The second-order valence-electron chi connectivity index (χ2n) is 4.70. The predicted octanol–water partition coefficient (Wildman–Crippen LogP) is 3.10. The molecule has 0 spiro atoms. The molecule has 90 valence electrons. The summed E-state index contributed by atoms with van der Waals surface area (Å²) < 4.78 is 0.878. The summed E-state index contributed by atoms with van der Waals surface area (Å²) in [5, 5.41) is 0. The zero-order valence-corrected chi connectivity index (χ0v) is 11.2. The first-order valence-corrected chi connectivity index (χ1v) is 7.04. The molecule has 0 aliphatic heterocycles. The molecule has 0 bridgehead atoms. The smallest absolute Gasteiger partial charge is 0.0931 e. The monoisotopic (exact) mass is 258 g/mol. The predicted molar refractivity (Wildman–Crippen MR) is 71.0 cm³/mol. The Morgan fingerprint density at radius 1 is 1.50 bits per heavy atom. The maximum absolute atomic E-state index is 6.02. The third-order valence-electron chi connectivity index (χ3n) is 3.34. The summed E-state index contributed by atoms with van der Waals surface area (Å²) in [5.74, 6) is 0. The second kappa shape index (κ2) is 5.50. The van der Waals surface area contributed by atoms with Crippen molar-refractivity contribution in [3.63, 3.8) is 0 Å². The number of halogens is 1. The maximum atomic E-state index is 6.02. The van der Waals surface area contributed by atoms with Crippen LogP contribution in [0.2, 0.25) is 4.34 Å². The van der Waals surface area contributed by atoms with Gasteiger partial charge in [-0.15, -0.1) is 11.3 Å². The molecular formula is C12H19ClN2S. The lowest BCUT2D eigenvalue weighted by molar-refractivity contribution is 0.175. The minimum atomic E-state index is 0.396. The van der Waals surface area contributed by atoms with Crippen molar-refractivity contribution in [1.82, 2.24) is 4.90 Å². The van der Waals surface area contributed by atoms with Crippen molar-refractivity contribution in [3.05, 3.63) is 21.3 Å². The quantitative estimate of drug-likeness (QED) is 0.903. The van der Waals surface area contributed by atoms with Crippen molar-refractivity contribution in [2.24, 2.45) is 5.73 Å². The minimum Gasteiger partial charge on any atom is -0.328 e. The molecule has 1 heterocycles. The molecule has 0 amide bonds. The molecule has 2 atom stereocenters. The van der Waals surface area contributed by atoms with E-state index in [-0.39, 0.29) is 0 Å². The van der Waals surface area contributed by atoms with Gasteiger partial charge in [0.25, 0.3) is 0 Å². The standard InChI is InChI=1S/C12H19ClN2S/c1-15(8-11-5-6-12(13)16-11)10-4-2-3-9(14)7-10/h5-6,9-10H,2-4,7-8,14H2,1H3. The van der Waals surface area contributed by atoms with E-state index in [9.17, 15) is 0 Å². The van der Waals surface area contributed by atoms with E-state index in [1.807, 2.05) is 6.07 Å². The highest BCUT2D eigenvalue weighted by Gasteiger charge is 2.22. The molecule has 2 unspecified atom stereocenters. The number of hydrogen-bond donors (Lipinski definition) is 1. The van der Waals surface area contributed by atoms with Gasteiger partial charge in [0.15, 0.2) is 0 Å². The molecule has 1 fully saturated rings. The van der Waals surface area contributed by atoms with Crippen molar-refractivity contribution >= 4 is 22.9 Å². The number of rotatable bonds is 3. The zero-order chi connectivity index (χ0) is 11.5. The molecule has 2 rings (SSSR count). The average Bonchev–Trinajstić information content (AvgIpc) is 2.64. The molecule has 2 nitrogen and oxygen atoms in total. The van der Waals surface area contributed by atoms with E-state index in [1.54, 1.807) is 11.3 Å². The van der Waals surface area contributed by atoms with Crippen LogP contribution >= 0.6 is 22.9 Å². The van der Waals surface area contributed by atoms with Crippen molar-refractivity contribution in [2.45, 2.75) is 44.3 Å². The van der Waals surface area contributed by atoms with Gasteiger partial charge in [-0.1, -0.05) is 18.0 Å². The third kappa shape index (κ3) is 3.20. The summed E-state index contributed by atoms with van der Waals surface area (Å²) >= 11 is 7.61. The Morgan fingerprint density at radius 3 is 2.94 bits per heavy atom. The zero-order valence-electron chi connectivity index (χ0n) is 9.66. The summed E-state index contributed by atoms with van der Waals surface area (Å²) in [6.07, 6.45) is 4.87. The molecule has 1 aromatic heterocycles. The summed E-state index contributed by atoms with van der Waals surface area (Å²) in [5.41, 5.74) is 6.02. The largest absolute Gasteiger partial charge is 0.328 e. The lowest BCUT2D eigenvalue weighted by atomic mass is 9.91. The molecule has 1 aliphatic carbocycles. The average molecular weight is 259 g/mol. The van der Waals surface area contributed by atoms with Gasteiger partial charge in [0.2, 0.25) is 0 Å². The van der Waals surface area contributed by atoms with Crippen molar-refractivity contribution in [3.8, 4) is 0 Å².